The third-order valence-electron chi connectivity index (χ3n) is 2.71. The highest BCUT2D eigenvalue weighted by Crippen LogP contribution is 2.24. The third kappa shape index (κ3) is 2.08. The molecule has 1 N–H and O–H groups in total. The Bertz CT molecular complexity index is 511. The van der Waals surface area contributed by atoms with Gasteiger partial charge in [-0.1, -0.05) is 18.2 Å². The van der Waals surface area contributed by atoms with E-state index in [1.165, 1.54) is 0 Å². The van der Waals surface area contributed by atoms with E-state index >= 15 is 0 Å². The fourth-order valence-electron chi connectivity index (χ4n) is 1.87. The van der Waals surface area contributed by atoms with Gasteiger partial charge in [0.15, 0.2) is 0 Å². The van der Waals surface area contributed by atoms with Crippen LogP contribution in [-0.4, -0.2) is 11.1 Å². The summed E-state index contributed by atoms with van der Waals surface area (Å²) in [5.41, 5.74) is 3.10. The fraction of sp³-hybridized carbons (Fsp3) is 0.308. The van der Waals surface area contributed by atoms with E-state index in [0.29, 0.717) is 6.42 Å². The molecule has 2 aromatic rings. The Morgan fingerprint density at radius 3 is 3.00 bits per heavy atom. The highest BCUT2D eigenvalue weighted by Gasteiger charge is 2.07. The first kappa shape index (κ1) is 10.7. The number of hydrogen-bond donors (Lipinski definition) is 1. The van der Waals surface area contributed by atoms with Crippen LogP contribution in [0.15, 0.2) is 28.9 Å². The van der Waals surface area contributed by atoms with Gasteiger partial charge >= 0.3 is 5.97 Å². The Labute approximate surface area is 93.7 Å². The second kappa shape index (κ2) is 4.39. The van der Waals surface area contributed by atoms with Gasteiger partial charge in [0.1, 0.15) is 5.58 Å². The molecule has 0 atom stereocenters. The number of hydrogen-bond acceptors (Lipinski definition) is 2. The van der Waals surface area contributed by atoms with E-state index in [1.807, 2.05) is 25.1 Å². The number of aryl methyl sites for hydroxylation is 2. The van der Waals surface area contributed by atoms with Crippen molar-refractivity contribution in [2.45, 2.75) is 26.2 Å². The molecule has 1 aromatic carbocycles. The van der Waals surface area contributed by atoms with Crippen molar-refractivity contribution in [2.75, 3.05) is 0 Å². The molecule has 0 fully saturated rings. The summed E-state index contributed by atoms with van der Waals surface area (Å²) in [5.74, 6) is -0.747. The second-order valence-electron chi connectivity index (χ2n) is 3.96. The highest BCUT2D eigenvalue weighted by molar-refractivity contribution is 5.83. The molecule has 0 saturated heterocycles. The van der Waals surface area contributed by atoms with Crippen molar-refractivity contribution >= 4 is 16.9 Å². The summed E-state index contributed by atoms with van der Waals surface area (Å²) in [7, 11) is 0. The summed E-state index contributed by atoms with van der Waals surface area (Å²) >= 11 is 0. The van der Waals surface area contributed by atoms with Gasteiger partial charge in [-0.15, -0.1) is 0 Å². The maximum atomic E-state index is 10.4. The zero-order chi connectivity index (χ0) is 11.5. The summed E-state index contributed by atoms with van der Waals surface area (Å²) in [6.07, 6.45) is 3.34. The molecule has 0 amide bonds. The fourth-order valence-corrected chi connectivity index (χ4v) is 1.87. The van der Waals surface area contributed by atoms with Gasteiger partial charge in [-0.3, -0.25) is 4.79 Å². The Morgan fingerprint density at radius 2 is 2.25 bits per heavy atom. The van der Waals surface area contributed by atoms with Crippen molar-refractivity contribution in [1.29, 1.82) is 0 Å². The molecule has 1 aromatic heterocycles. The van der Waals surface area contributed by atoms with Crippen LogP contribution in [0.4, 0.5) is 0 Å². The molecule has 3 heteroatoms. The lowest BCUT2D eigenvalue weighted by atomic mass is 10.0. The lowest BCUT2D eigenvalue weighted by molar-refractivity contribution is -0.137. The van der Waals surface area contributed by atoms with E-state index < -0.39 is 5.97 Å². The van der Waals surface area contributed by atoms with Crippen molar-refractivity contribution in [2.24, 2.45) is 0 Å². The predicted molar refractivity (Wildman–Crippen MR) is 61.5 cm³/mol. The normalized spacial score (nSPS) is 10.8. The van der Waals surface area contributed by atoms with Crippen molar-refractivity contribution in [3.8, 4) is 0 Å². The molecule has 0 aliphatic carbocycles. The van der Waals surface area contributed by atoms with E-state index in [2.05, 4.69) is 0 Å². The molecular formula is C13H14O3. The standard InChI is InChI=1S/C13H14O3/c1-9-8-16-13-10(4-2-6-11(9)13)5-3-7-12(14)15/h2,4,6,8H,3,5,7H2,1H3,(H,14,15). The Hall–Kier alpha value is -1.77. The summed E-state index contributed by atoms with van der Waals surface area (Å²) in [4.78, 5) is 10.4. The third-order valence-corrected chi connectivity index (χ3v) is 2.71. The molecule has 1 heterocycles. The summed E-state index contributed by atoms with van der Waals surface area (Å²) in [5, 5.41) is 9.70. The maximum absolute atomic E-state index is 10.4. The number of carbonyl (C=O) groups is 1. The second-order valence-corrected chi connectivity index (χ2v) is 3.96. The number of furan rings is 1. The van der Waals surface area contributed by atoms with Crippen molar-refractivity contribution < 1.29 is 14.3 Å². The van der Waals surface area contributed by atoms with Crippen LogP contribution >= 0.6 is 0 Å². The first-order chi connectivity index (χ1) is 7.68. The van der Waals surface area contributed by atoms with Crippen LogP contribution in [-0.2, 0) is 11.2 Å². The Kier molecular flexibility index (Phi) is 2.95. The minimum absolute atomic E-state index is 0.204. The molecule has 0 aliphatic rings. The van der Waals surface area contributed by atoms with E-state index in [9.17, 15) is 4.79 Å². The van der Waals surface area contributed by atoms with E-state index in [1.54, 1.807) is 6.26 Å². The van der Waals surface area contributed by atoms with E-state index in [4.69, 9.17) is 9.52 Å². The van der Waals surface area contributed by atoms with Gasteiger partial charge in [-0.25, -0.2) is 0 Å². The number of carboxylic acids is 1. The number of aliphatic carboxylic acids is 1. The van der Waals surface area contributed by atoms with Gasteiger partial charge in [-0.05, 0) is 30.9 Å². The van der Waals surface area contributed by atoms with Crippen LogP contribution in [0.2, 0.25) is 0 Å². The quantitative estimate of drug-likeness (QED) is 0.857. The van der Waals surface area contributed by atoms with Crippen LogP contribution in [0.1, 0.15) is 24.0 Å². The maximum Gasteiger partial charge on any atom is 0.303 e. The zero-order valence-electron chi connectivity index (χ0n) is 9.19. The average molecular weight is 218 g/mol. The average Bonchev–Trinajstić information content (AvgIpc) is 2.61. The minimum atomic E-state index is -0.747. The van der Waals surface area contributed by atoms with Gasteiger partial charge in [0.25, 0.3) is 0 Å². The van der Waals surface area contributed by atoms with Gasteiger partial charge in [0, 0.05) is 11.8 Å². The largest absolute Gasteiger partial charge is 0.481 e. The summed E-state index contributed by atoms with van der Waals surface area (Å²) < 4.78 is 5.49. The van der Waals surface area contributed by atoms with Crippen LogP contribution in [0, 0.1) is 6.92 Å². The summed E-state index contributed by atoms with van der Waals surface area (Å²) in [6, 6.07) is 6.00. The van der Waals surface area contributed by atoms with Crippen LogP contribution in [0.5, 0.6) is 0 Å². The number of para-hydroxylation sites is 1. The predicted octanol–water partition coefficient (Wildman–Crippen LogP) is 3.15. The lowest BCUT2D eigenvalue weighted by Gasteiger charge is -2.00. The number of benzene rings is 1. The zero-order valence-corrected chi connectivity index (χ0v) is 9.19. The number of rotatable bonds is 4. The van der Waals surface area contributed by atoms with Crippen LogP contribution in [0.25, 0.3) is 11.0 Å². The molecule has 0 spiro atoms. The van der Waals surface area contributed by atoms with Crippen molar-refractivity contribution in [3.63, 3.8) is 0 Å². The first-order valence-electron chi connectivity index (χ1n) is 5.36. The molecule has 2 rings (SSSR count). The van der Waals surface area contributed by atoms with Gasteiger partial charge in [0.05, 0.1) is 6.26 Å². The van der Waals surface area contributed by atoms with Crippen LogP contribution in [0.3, 0.4) is 0 Å². The van der Waals surface area contributed by atoms with E-state index in [0.717, 1.165) is 28.5 Å². The molecule has 0 aliphatic heterocycles. The number of carboxylic acid groups (broad SMARTS) is 1. The molecule has 0 bridgehead atoms. The Balaban J connectivity index is 2.20. The van der Waals surface area contributed by atoms with Gasteiger partial charge < -0.3 is 9.52 Å². The SMILES string of the molecule is Cc1coc2c(CCCC(=O)O)cccc12. The van der Waals surface area contributed by atoms with Gasteiger partial charge in [0.2, 0.25) is 0 Å². The minimum Gasteiger partial charge on any atom is -0.481 e. The molecular weight excluding hydrogens is 204 g/mol. The van der Waals surface area contributed by atoms with Gasteiger partial charge in [-0.2, -0.15) is 0 Å². The first-order valence-corrected chi connectivity index (χ1v) is 5.36. The lowest BCUT2D eigenvalue weighted by Crippen LogP contribution is -1.96. The molecule has 0 unspecified atom stereocenters. The van der Waals surface area contributed by atoms with Crippen LogP contribution < -0.4 is 0 Å². The smallest absolute Gasteiger partial charge is 0.303 e. The summed E-state index contributed by atoms with van der Waals surface area (Å²) in [6.45, 7) is 2.01. The van der Waals surface area contributed by atoms with Crippen molar-refractivity contribution in [1.82, 2.24) is 0 Å². The van der Waals surface area contributed by atoms with Crippen molar-refractivity contribution in [3.05, 3.63) is 35.6 Å². The molecule has 3 nitrogen and oxygen atoms in total. The highest BCUT2D eigenvalue weighted by atomic mass is 16.4. The molecule has 0 radical (unpaired) electrons. The Morgan fingerprint density at radius 1 is 1.44 bits per heavy atom. The molecule has 84 valence electrons. The topological polar surface area (TPSA) is 50.4 Å². The van der Waals surface area contributed by atoms with E-state index in [-0.39, 0.29) is 6.42 Å². The number of fused-ring (bicyclic) bond motifs is 1. The molecule has 0 saturated carbocycles. The molecule has 16 heavy (non-hydrogen) atoms. The monoisotopic (exact) mass is 218 g/mol.